The van der Waals surface area contributed by atoms with Gasteiger partial charge in [-0.05, 0) is 11.5 Å². The molecule has 0 bridgehead atoms. The number of hydrogen-bond acceptors (Lipinski definition) is 6. The second-order valence-electron chi connectivity index (χ2n) is 8.73. The number of ether oxygens (including phenoxy) is 1. The summed E-state index contributed by atoms with van der Waals surface area (Å²) in [6, 6.07) is 2.81. The van der Waals surface area contributed by atoms with Crippen molar-refractivity contribution in [2.75, 3.05) is 26.4 Å². The Morgan fingerprint density at radius 1 is 1.24 bits per heavy atom. The van der Waals surface area contributed by atoms with E-state index in [0.29, 0.717) is 0 Å². The molecule has 0 spiro atoms. The Bertz CT molecular complexity index is 1000. The van der Waals surface area contributed by atoms with Crippen LogP contribution in [0.5, 0.6) is 0 Å². The molecule has 13 heteroatoms. The lowest BCUT2D eigenvalue weighted by Crippen LogP contribution is -2.54. The molecule has 0 aliphatic carbocycles. The molecule has 2 aromatic rings. The number of hydrogen-bond donors (Lipinski definition) is 4. The van der Waals surface area contributed by atoms with Crippen molar-refractivity contribution in [1.82, 2.24) is 20.4 Å². The molecule has 2 rings (SSSR count). The number of benzene rings is 1. The summed E-state index contributed by atoms with van der Waals surface area (Å²) in [5.41, 5.74) is -1.09. The lowest BCUT2D eigenvalue weighted by atomic mass is 9.86. The van der Waals surface area contributed by atoms with Crippen molar-refractivity contribution in [1.29, 1.82) is 0 Å². The van der Waals surface area contributed by atoms with E-state index in [9.17, 15) is 32.3 Å². The molecule has 0 aliphatic rings. The van der Waals surface area contributed by atoms with Crippen molar-refractivity contribution < 1.29 is 42.1 Å². The van der Waals surface area contributed by atoms with Crippen molar-refractivity contribution in [2.45, 2.75) is 45.6 Å². The van der Waals surface area contributed by atoms with Gasteiger partial charge in [-0.25, -0.2) is 4.39 Å². The van der Waals surface area contributed by atoms with Crippen LogP contribution in [0.15, 0.2) is 18.2 Å². The van der Waals surface area contributed by atoms with E-state index in [1.54, 1.807) is 20.8 Å². The summed E-state index contributed by atoms with van der Waals surface area (Å²) >= 11 is 0. The van der Waals surface area contributed by atoms with Gasteiger partial charge in [0, 0.05) is 11.9 Å². The SMILES string of the molecule is CC(C)(C)C(NC(=O)c1nn(CCOCC(F)(F)F)c2c(F)cccc12)C(=O)NCC(O)CO. The molecule has 2 atom stereocenters. The molecule has 34 heavy (non-hydrogen) atoms. The molecule has 2 unspecified atom stereocenters. The summed E-state index contributed by atoms with van der Waals surface area (Å²) in [5.74, 6) is -2.16. The van der Waals surface area contributed by atoms with Crippen LogP contribution in [0.25, 0.3) is 10.9 Å². The normalized spacial score (nSPS) is 14.1. The fourth-order valence-electron chi connectivity index (χ4n) is 3.12. The highest BCUT2D eigenvalue weighted by Crippen LogP contribution is 2.24. The van der Waals surface area contributed by atoms with Crippen molar-refractivity contribution in [3.05, 3.63) is 29.7 Å². The van der Waals surface area contributed by atoms with Gasteiger partial charge in [-0.1, -0.05) is 32.9 Å². The van der Waals surface area contributed by atoms with E-state index < -0.39 is 61.2 Å². The smallest absolute Gasteiger partial charge is 0.394 e. The molecule has 190 valence electrons. The number of aromatic nitrogens is 2. The van der Waals surface area contributed by atoms with E-state index in [1.807, 2.05) is 0 Å². The molecule has 0 fully saturated rings. The van der Waals surface area contributed by atoms with E-state index in [-0.39, 0.29) is 29.7 Å². The number of halogens is 4. The first-order valence-corrected chi connectivity index (χ1v) is 10.4. The van der Waals surface area contributed by atoms with E-state index in [1.165, 1.54) is 12.1 Å². The van der Waals surface area contributed by atoms with Crippen LogP contribution in [0.2, 0.25) is 0 Å². The lowest BCUT2D eigenvalue weighted by Gasteiger charge is -2.30. The highest BCUT2D eigenvalue weighted by Gasteiger charge is 2.34. The number of fused-ring (bicyclic) bond motifs is 1. The predicted octanol–water partition coefficient (Wildman–Crippen LogP) is 1.37. The Balaban J connectivity index is 2.27. The number of aliphatic hydroxyl groups excluding tert-OH is 2. The first-order chi connectivity index (χ1) is 15.7. The molecule has 2 amide bonds. The maximum Gasteiger partial charge on any atom is 0.411 e. The molecule has 1 aromatic heterocycles. The first-order valence-electron chi connectivity index (χ1n) is 10.4. The highest BCUT2D eigenvalue weighted by atomic mass is 19.4. The van der Waals surface area contributed by atoms with Gasteiger partial charge >= 0.3 is 6.18 Å². The Labute approximate surface area is 193 Å². The van der Waals surface area contributed by atoms with Gasteiger partial charge in [0.15, 0.2) is 5.69 Å². The third kappa shape index (κ3) is 7.37. The molecule has 0 aliphatic heterocycles. The molecule has 0 radical (unpaired) electrons. The number of carbonyl (C=O) groups excluding carboxylic acids is 2. The number of carbonyl (C=O) groups is 2. The highest BCUT2D eigenvalue weighted by molar-refractivity contribution is 6.06. The summed E-state index contributed by atoms with van der Waals surface area (Å²) in [7, 11) is 0. The summed E-state index contributed by atoms with van der Waals surface area (Å²) in [5, 5.41) is 27.5. The van der Waals surface area contributed by atoms with Crippen LogP contribution >= 0.6 is 0 Å². The number of rotatable bonds is 10. The molecule has 0 saturated carbocycles. The van der Waals surface area contributed by atoms with Crippen molar-refractivity contribution in [3.8, 4) is 0 Å². The summed E-state index contributed by atoms with van der Waals surface area (Å²) in [6.45, 7) is 2.12. The molecular weight excluding hydrogens is 464 g/mol. The predicted molar refractivity (Wildman–Crippen MR) is 113 cm³/mol. The fourth-order valence-corrected chi connectivity index (χ4v) is 3.12. The van der Waals surface area contributed by atoms with Crippen molar-refractivity contribution >= 4 is 22.7 Å². The van der Waals surface area contributed by atoms with Crippen LogP contribution in [0, 0.1) is 11.2 Å². The minimum Gasteiger partial charge on any atom is -0.394 e. The minimum absolute atomic E-state index is 0.0916. The van der Waals surface area contributed by atoms with E-state index in [2.05, 4.69) is 20.5 Å². The monoisotopic (exact) mass is 492 g/mol. The third-order valence-electron chi connectivity index (χ3n) is 4.78. The largest absolute Gasteiger partial charge is 0.411 e. The summed E-state index contributed by atoms with van der Waals surface area (Å²) in [4.78, 5) is 25.7. The maximum absolute atomic E-state index is 14.5. The number of alkyl halides is 3. The second-order valence-corrected chi connectivity index (χ2v) is 8.73. The Morgan fingerprint density at radius 2 is 1.91 bits per heavy atom. The second kappa shape index (κ2) is 11.1. The molecule has 1 heterocycles. The number of aliphatic hydroxyl groups is 2. The maximum atomic E-state index is 14.5. The van der Waals surface area contributed by atoms with Crippen LogP contribution in [0.4, 0.5) is 17.6 Å². The van der Waals surface area contributed by atoms with Gasteiger partial charge in [0.1, 0.15) is 24.0 Å². The Kier molecular flexibility index (Phi) is 8.97. The van der Waals surface area contributed by atoms with Gasteiger partial charge < -0.3 is 25.6 Å². The van der Waals surface area contributed by atoms with Crippen LogP contribution in [-0.4, -0.2) is 76.5 Å². The van der Waals surface area contributed by atoms with Crippen LogP contribution < -0.4 is 10.6 Å². The number of nitrogens with zero attached hydrogens (tertiary/aromatic N) is 2. The molecule has 4 N–H and O–H groups in total. The zero-order valence-electron chi connectivity index (χ0n) is 18.9. The van der Waals surface area contributed by atoms with E-state index in [0.717, 1.165) is 10.7 Å². The summed E-state index contributed by atoms with van der Waals surface area (Å²) in [6.07, 6.45) is -5.69. The van der Waals surface area contributed by atoms with Crippen molar-refractivity contribution in [3.63, 3.8) is 0 Å². The number of para-hydroxylation sites is 1. The number of nitrogens with one attached hydrogen (secondary N) is 2. The van der Waals surface area contributed by atoms with Crippen molar-refractivity contribution in [2.24, 2.45) is 5.41 Å². The standard InChI is InChI=1S/C21H28F4N4O5/c1-20(2,3)17(19(33)26-9-12(31)10-30)27-18(32)15-13-5-4-6-14(22)16(13)29(28-15)7-8-34-11-21(23,24)25/h4-6,12,17,30-31H,7-11H2,1-3H3,(H,26,33)(H,27,32). The topological polar surface area (TPSA) is 126 Å². The van der Waals surface area contributed by atoms with Gasteiger partial charge in [-0.3, -0.25) is 14.3 Å². The van der Waals surface area contributed by atoms with Crippen LogP contribution in [0.1, 0.15) is 31.3 Å². The minimum atomic E-state index is -4.52. The molecule has 0 saturated heterocycles. The average Bonchev–Trinajstić information content (AvgIpc) is 3.11. The Hall–Kier alpha value is -2.77. The van der Waals surface area contributed by atoms with Gasteiger partial charge in [-0.15, -0.1) is 0 Å². The third-order valence-corrected chi connectivity index (χ3v) is 4.78. The van der Waals surface area contributed by atoms with Gasteiger partial charge in [0.2, 0.25) is 5.91 Å². The zero-order valence-corrected chi connectivity index (χ0v) is 18.9. The lowest BCUT2D eigenvalue weighted by molar-refractivity contribution is -0.174. The Morgan fingerprint density at radius 3 is 2.50 bits per heavy atom. The average molecular weight is 492 g/mol. The first kappa shape index (κ1) is 27.5. The molecule has 9 nitrogen and oxygen atoms in total. The fraction of sp³-hybridized carbons (Fsp3) is 0.571. The van der Waals surface area contributed by atoms with Crippen LogP contribution in [-0.2, 0) is 16.1 Å². The number of amides is 2. The van der Waals surface area contributed by atoms with Crippen LogP contribution in [0.3, 0.4) is 0 Å². The van der Waals surface area contributed by atoms with E-state index >= 15 is 0 Å². The summed E-state index contributed by atoms with van der Waals surface area (Å²) < 4.78 is 57.0. The quantitative estimate of drug-likeness (QED) is 0.293. The van der Waals surface area contributed by atoms with E-state index in [4.69, 9.17) is 5.11 Å². The molecular formula is C21H28F4N4O5. The van der Waals surface area contributed by atoms with Gasteiger partial charge in [0.25, 0.3) is 5.91 Å². The van der Waals surface area contributed by atoms with Gasteiger partial charge in [0.05, 0.1) is 25.9 Å². The van der Waals surface area contributed by atoms with Gasteiger partial charge in [-0.2, -0.15) is 18.3 Å². The molecule has 1 aromatic carbocycles. The zero-order chi connectivity index (χ0) is 25.7.